The summed E-state index contributed by atoms with van der Waals surface area (Å²) in [5.74, 6) is 0.655. The minimum absolute atomic E-state index is 0.111. The van der Waals surface area contributed by atoms with Gasteiger partial charge in [-0.1, -0.05) is 24.3 Å². The monoisotopic (exact) mass is 341 g/mol. The molecule has 3 aromatic rings. The van der Waals surface area contributed by atoms with Gasteiger partial charge in [0, 0.05) is 6.54 Å². The van der Waals surface area contributed by atoms with Crippen molar-refractivity contribution in [2.75, 3.05) is 13.7 Å². The van der Waals surface area contributed by atoms with E-state index < -0.39 is 6.10 Å². The van der Waals surface area contributed by atoms with Crippen LogP contribution in [0.3, 0.4) is 0 Å². The Morgan fingerprint density at radius 3 is 2.92 bits per heavy atom. The smallest absolute Gasteiger partial charge is 0.224 e. The third-order valence-electron chi connectivity index (χ3n) is 3.95. The van der Waals surface area contributed by atoms with E-state index in [0.717, 1.165) is 27.6 Å². The summed E-state index contributed by atoms with van der Waals surface area (Å²) in [6.07, 6.45) is -0.409. The molecule has 24 heavy (non-hydrogen) atoms. The average Bonchev–Trinajstić information content (AvgIpc) is 3.14. The van der Waals surface area contributed by atoms with Gasteiger partial charge in [-0.05, 0) is 50.9 Å². The number of hydrogen-bond acceptors (Lipinski definition) is 4. The van der Waals surface area contributed by atoms with Crippen molar-refractivity contribution in [2.24, 2.45) is 0 Å². The molecule has 124 valence electrons. The van der Waals surface area contributed by atoms with Crippen molar-refractivity contribution >= 4 is 28.0 Å². The van der Waals surface area contributed by atoms with Crippen LogP contribution >= 0.6 is 11.3 Å². The molecule has 5 heteroatoms. The van der Waals surface area contributed by atoms with E-state index in [0.29, 0.717) is 0 Å². The van der Waals surface area contributed by atoms with Crippen molar-refractivity contribution in [1.82, 2.24) is 5.32 Å². The van der Waals surface area contributed by atoms with E-state index in [4.69, 9.17) is 4.74 Å². The lowest BCUT2D eigenvalue weighted by Gasteiger charge is -2.12. The topological polar surface area (TPSA) is 58.6 Å². The number of rotatable bonds is 6. The van der Waals surface area contributed by atoms with Gasteiger partial charge >= 0.3 is 0 Å². The van der Waals surface area contributed by atoms with Crippen LogP contribution in [0.2, 0.25) is 0 Å². The summed E-state index contributed by atoms with van der Waals surface area (Å²) in [4.78, 5) is 12.2. The molecule has 1 heterocycles. The molecule has 0 saturated heterocycles. The van der Waals surface area contributed by atoms with Crippen molar-refractivity contribution in [2.45, 2.75) is 12.5 Å². The number of aliphatic hydroxyl groups excluding tert-OH is 1. The zero-order valence-electron chi connectivity index (χ0n) is 13.4. The number of hydrogen-bond donors (Lipinski definition) is 2. The molecule has 0 saturated carbocycles. The van der Waals surface area contributed by atoms with Gasteiger partial charge in [-0.3, -0.25) is 4.79 Å². The normalized spacial score (nSPS) is 12.1. The highest BCUT2D eigenvalue weighted by Crippen LogP contribution is 2.24. The zero-order valence-corrected chi connectivity index (χ0v) is 14.2. The van der Waals surface area contributed by atoms with E-state index in [1.165, 1.54) is 11.3 Å². The molecule has 2 aromatic carbocycles. The number of fused-ring (bicyclic) bond motifs is 1. The standard InChI is InChI=1S/C19H19NO3S/c1-23-16-6-5-13-3-2-4-14(17(13)10-16)9-19(22)20-11-18(21)15-7-8-24-12-15/h2-8,10,12,18,21H,9,11H2,1H3,(H,20,22). The number of carbonyl (C=O) groups excluding carboxylic acids is 1. The number of thiophene rings is 1. The van der Waals surface area contributed by atoms with E-state index in [1.807, 2.05) is 53.2 Å². The molecule has 1 atom stereocenters. The molecule has 0 aliphatic carbocycles. The molecule has 0 aliphatic heterocycles. The second-order valence-corrected chi connectivity index (χ2v) is 6.34. The molecule has 4 nitrogen and oxygen atoms in total. The molecular weight excluding hydrogens is 322 g/mol. The van der Waals surface area contributed by atoms with Gasteiger partial charge < -0.3 is 15.2 Å². The van der Waals surface area contributed by atoms with Crippen molar-refractivity contribution in [3.63, 3.8) is 0 Å². The molecule has 0 fully saturated rings. The maximum Gasteiger partial charge on any atom is 0.224 e. The van der Waals surface area contributed by atoms with Gasteiger partial charge in [0.25, 0.3) is 0 Å². The highest BCUT2D eigenvalue weighted by molar-refractivity contribution is 7.07. The lowest BCUT2D eigenvalue weighted by molar-refractivity contribution is -0.120. The van der Waals surface area contributed by atoms with E-state index in [2.05, 4.69) is 5.32 Å². The first-order valence-corrected chi connectivity index (χ1v) is 8.64. The molecule has 0 aliphatic rings. The van der Waals surface area contributed by atoms with Crippen molar-refractivity contribution in [1.29, 1.82) is 0 Å². The fourth-order valence-electron chi connectivity index (χ4n) is 2.63. The number of aliphatic hydroxyl groups is 1. The Labute approximate surface area is 144 Å². The third-order valence-corrected chi connectivity index (χ3v) is 4.65. The number of ether oxygens (including phenoxy) is 1. The van der Waals surface area contributed by atoms with Crippen LogP contribution in [0.15, 0.2) is 53.2 Å². The maximum atomic E-state index is 12.2. The molecule has 0 spiro atoms. The van der Waals surface area contributed by atoms with Crippen LogP contribution in [-0.4, -0.2) is 24.7 Å². The predicted molar refractivity (Wildman–Crippen MR) is 96.5 cm³/mol. The minimum Gasteiger partial charge on any atom is -0.497 e. The SMILES string of the molecule is COc1ccc2cccc(CC(=O)NCC(O)c3ccsc3)c2c1. The number of amides is 1. The first-order chi connectivity index (χ1) is 11.7. The Kier molecular flexibility index (Phi) is 5.13. The van der Waals surface area contributed by atoms with E-state index in [9.17, 15) is 9.90 Å². The lowest BCUT2D eigenvalue weighted by atomic mass is 10.0. The number of nitrogens with one attached hydrogen (secondary N) is 1. The highest BCUT2D eigenvalue weighted by atomic mass is 32.1. The van der Waals surface area contributed by atoms with Gasteiger partial charge in [0.15, 0.2) is 0 Å². The number of carbonyl (C=O) groups is 1. The Hall–Kier alpha value is -2.37. The van der Waals surface area contributed by atoms with Crippen LogP contribution in [-0.2, 0) is 11.2 Å². The predicted octanol–water partition coefficient (Wildman–Crippen LogP) is 3.30. The minimum atomic E-state index is -0.673. The van der Waals surface area contributed by atoms with E-state index in [1.54, 1.807) is 7.11 Å². The Bertz CT molecular complexity index is 830. The van der Waals surface area contributed by atoms with Crippen LogP contribution in [0, 0.1) is 0 Å². The van der Waals surface area contributed by atoms with Gasteiger partial charge in [-0.2, -0.15) is 11.3 Å². The Morgan fingerprint density at radius 1 is 1.29 bits per heavy atom. The van der Waals surface area contributed by atoms with Crippen molar-refractivity contribution in [3.05, 3.63) is 64.4 Å². The van der Waals surface area contributed by atoms with Crippen LogP contribution in [0.1, 0.15) is 17.2 Å². The van der Waals surface area contributed by atoms with Gasteiger partial charge in [0.1, 0.15) is 5.75 Å². The molecule has 0 bridgehead atoms. The molecular formula is C19H19NO3S. The quantitative estimate of drug-likeness (QED) is 0.723. The Balaban J connectivity index is 1.69. The van der Waals surface area contributed by atoms with Crippen LogP contribution in [0.25, 0.3) is 10.8 Å². The Morgan fingerprint density at radius 2 is 2.17 bits per heavy atom. The first-order valence-electron chi connectivity index (χ1n) is 7.70. The summed E-state index contributed by atoms with van der Waals surface area (Å²) in [7, 11) is 1.63. The summed E-state index contributed by atoms with van der Waals surface area (Å²) in [6.45, 7) is 0.212. The molecule has 2 N–H and O–H groups in total. The van der Waals surface area contributed by atoms with E-state index in [-0.39, 0.29) is 18.9 Å². The van der Waals surface area contributed by atoms with E-state index >= 15 is 0 Å². The third kappa shape index (κ3) is 3.75. The molecule has 1 amide bonds. The number of methoxy groups -OCH3 is 1. The second-order valence-electron chi connectivity index (χ2n) is 5.56. The van der Waals surface area contributed by atoms with Crippen LogP contribution in [0.5, 0.6) is 5.75 Å². The van der Waals surface area contributed by atoms with Crippen molar-refractivity contribution < 1.29 is 14.6 Å². The first kappa shape index (κ1) is 16.5. The fourth-order valence-corrected chi connectivity index (χ4v) is 3.33. The second kappa shape index (κ2) is 7.47. The summed E-state index contributed by atoms with van der Waals surface area (Å²) < 4.78 is 5.27. The molecule has 3 rings (SSSR count). The van der Waals surface area contributed by atoms with Gasteiger partial charge in [-0.15, -0.1) is 0 Å². The van der Waals surface area contributed by atoms with Crippen LogP contribution in [0.4, 0.5) is 0 Å². The number of benzene rings is 2. The highest BCUT2D eigenvalue weighted by Gasteiger charge is 2.11. The molecule has 0 radical (unpaired) electrons. The largest absolute Gasteiger partial charge is 0.497 e. The zero-order chi connectivity index (χ0) is 16.9. The summed E-state index contributed by atoms with van der Waals surface area (Å²) >= 11 is 1.53. The fraction of sp³-hybridized carbons (Fsp3) is 0.211. The summed E-state index contributed by atoms with van der Waals surface area (Å²) in [5, 5.41) is 18.7. The van der Waals surface area contributed by atoms with Gasteiger partial charge in [0.2, 0.25) is 5.91 Å². The maximum absolute atomic E-state index is 12.2. The van der Waals surface area contributed by atoms with Crippen molar-refractivity contribution in [3.8, 4) is 5.75 Å². The molecule has 1 aromatic heterocycles. The lowest BCUT2D eigenvalue weighted by Crippen LogP contribution is -2.29. The van der Waals surface area contributed by atoms with Gasteiger partial charge in [0.05, 0.1) is 19.6 Å². The van der Waals surface area contributed by atoms with Gasteiger partial charge in [-0.25, -0.2) is 0 Å². The summed E-state index contributed by atoms with van der Waals surface area (Å²) in [5.41, 5.74) is 1.77. The molecule has 1 unspecified atom stereocenters. The van der Waals surface area contributed by atoms with Crippen LogP contribution < -0.4 is 10.1 Å². The summed E-state index contributed by atoms with van der Waals surface area (Å²) in [6, 6.07) is 13.6. The average molecular weight is 341 g/mol.